The van der Waals surface area contributed by atoms with E-state index in [1.165, 1.54) is 25.3 Å². The van der Waals surface area contributed by atoms with Gasteiger partial charge in [-0.25, -0.2) is 0 Å². The predicted molar refractivity (Wildman–Crippen MR) is 110 cm³/mol. The molecule has 2 aromatic carbocycles. The highest BCUT2D eigenvalue weighted by molar-refractivity contribution is 6.08. The summed E-state index contributed by atoms with van der Waals surface area (Å²) in [6.45, 7) is 1.45. The Labute approximate surface area is 167 Å². The summed E-state index contributed by atoms with van der Waals surface area (Å²) in [5.41, 5.74) is 1.93. The number of carbonyl (C=O) groups is 3. The molecular formula is C22H19N3O4. The van der Waals surface area contributed by atoms with E-state index in [9.17, 15) is 14.4 Å². The number of anilines is 2. The van der Waals surface area contributed by atoms with Gasteiger partial charge in [-0.2, -0.15) is 0 Å². The zero-order valence-corrected chi connectivity index (χ0v) is 15.9. The molecule has 0 aliphatic rings. The Morgan fingerprint density at radius 3 is 2.24 bits per heavy atom. The first-order valence-corrected chi connectivity index (χ1v) is 8.80. The highest BCUT2D eigenvalue weighted by atomic mass is 16.5. The summed E-state index contributed by atoms with van der Waals surface area (Å²) in [5, 5.41) is 5.44. The molecule has 0 unspecified atom stereocenters. The molecule has 0 aliphatic heterocycles. The van der Waals surface area contributed by atoms with E-state index in [0.717, 1.165) is 0 Å². The number of amides is 2. The molecule has 0 bridgehead atoms. The molecule has 2 amide bonds. The van der Waals surface area contributed by atoms with Crippen LogP contribution < -0.4 is 15.4 Å². The molecule has 3 aromatic rings. The molecule has 1 heterocycles. The van der Waals surface area contributed by atoms with Crippen molar-refractivity contribution in [2.75, 3.05) is 17.7 Å². The summed E-state index contributed by atoms with van der Waals surface area (Å²) in [6, 6.07) is 16.4. The van der Waals surface area contributed by atoms with Crippen molar-refractivity contribution < 1.29 is 19.1 Å². The van der Waals surface area contributed by atoms with Gasteiger partial charge in [0.25, 0.3) is 11.8 Å². The molecule has 0 saturated carbocycles. The lowest BCUT2D eigenvalue weighted by Crippen LogP contribution is -2.17. The lowest BCUT2D eigenvalue weighted by atomic mass is 10.1. The SMILES string of the molecule is COc1ccc(NC(=O)c2ccnc(C(=O)Nc3cccc(C(C)=O)c3)c2)cc1. The normalized spacial score (nSPS) is 10.1. The highest BCUT2D eigenvalue weighted by Crippen LogP contribution is 2.17. The molecule has 0 saturated heterocycles. The Morgan fingerprint density at radius 2 is 1.55 bits per heavy atom. The van der Waals surface area contributed by atoms with Crippen LogP contribution in [0.5, 0.6) is 5.75 Å². The number of benzene rings is 2. The van der Waals surface area contributed by atoms with E-state index in [-0.39, 0.29) is 17.4 Å². The highest BCUT2D eigenvalue weighted by Gasteiger charge is 2.13. The Morgan fingerprint density at radius 1 is 0.828 bits per heavy atom. The molecule has 0 fully saturated rings. The molecule has 1 aromatic heterocycles. The molecule has 146 valence electrons. The van der Waals surface area contributed by atoms with Gasteiger partial charge in [0.05, 0.1) is 7.11 Å². The van der Waals surface area contributed by atoms with E-state index in [2.05, 4.69) is 15.6 Å². The number of hydrogen-bond donors (Lipinski definition) is 2. The van der Waals surface area contributed by atoms with Crippen molar-refractivity contribution in [2.45, 2.75) is 6.92 Å². The van der Waals surface area contributed by atoms with Crippen molar-refractivity contribution in [1.82, 2.24) is 4.98 Å². The third-order valence-electron chi connectivity index (χ3n) is 4.13. The van der Waals surface area contributed by atoms with Crippen LogP contribution in [0, 0.1) is 0 Å². The number of ether oxygens (including phenoxy) is 1. The Balaban J connectivity index is 1.72. The summed E-state index contributed by atoms with van der Waals surface area (Å²) >= 11 is 0. The largest absolute Gasteiger partial charge is 0.497 e. The number of methoxy groups -OCH3 is 1. The second-order valence-electron chi connectivity index (χ2n) is 6.20. The van der Waals surface area contributed by atoms with Crippen LogP contribution in [0.1, 0.15) is 38.1 Å². The van der Waals surface area contributed by atoms with Gasteiger partial charge in [0.1, 0.15) is 11.4 Å². The molecule has 3 rings (SSSR count). The van der Waals surface area contributed by atoms with Crippen LogP contribution in [0.25, 0.3) is 0 Å². The average Bonchev–Trinajstić information content (AvgIpc) is 2.74. The number of nitrogens with one attached hydrogen (secondary N) is 2. The maximum Gasteiger partial charge on any atom is 0.274 e. The second-order valence-corrected chi connectivity index (χ2v) is 6.20. The predicted octanol–water partition coefficient (Wildman–Crippen LogP) is 3.80. The van der Waals surface area contributed by atoms with Gasteiger partial charge in [-0.1, -0.05) is 12.1 Å². The van der Waals surface area contributed by atoms with Crippen molar-refractivity contribution in [3.05, 3.63) is 83.7 Å². The lowest BCUT2D eigenvalue weighted by Gasteiger charge is -2.08. The summed E-state index contributed by atoms with van der Waals surface area (Å²) in [5.74, 6) is -0.272. The van der Waals surface area contributed by atoms with Crippen LogP contribution in [0.15, 0.2) is 66.9 Å². The van der Waals surface area contributed by atoms with Crippen LogP contribution in [0.4, 0.5) is 11.4 Å². The first-order valence-electron chi connectivity index (χ1n) is 8.80. The number of carbonyl (C=O) groups excluding carboxylic acids is 3. The van der Waals surface area contributed by atoms with Crippen molar-refractivity contribution in [3.8, 4) is 5.75 Å². The third-order valence-corrected chi connectivity index (χ3v) is 4.13. The number of nitrogens with zero attached hydrogens (tertiary/aromatic N) is 1. The molecule has 7 nitrogen and oxygen atoms in total. The van der Waals surface area contributed by atoms with E-state index in [1.54, 1.807) is 55.6 Å². The van der Waals surface area contributed by atoms with Gasteiger partial charge in [0, 0.05) is 28.7 Å². The van der Waals surface area contributed by atoms with Crippen LogP contribution in [0.2, 0.25) is 0 Å². The van der Waals surface area contributed by atoms with E-state index in [0.29, 0.717) is 28.3 Å². The van der Waals surface area contributed by atoms with Crippen molar-refractivity contribution in [3.63, 3.8) is 0 Å². The van der Waals surface area contributed by atoms with Gasteiger partial charge >= 0.3 is 0 Å². The van der Waals surface area contributed by atoms with Gasteiger partial charge in [0.15, 0.2) is 5.78 Å². The minimum atomic E-state index is -0.482. The second kappa shape index (κ2) is 8.79. The molecule has 0 atom stereocenters. The standard InChI is InChI=1S/C22H19N3O4/c1-14(26)15-4-3-5-18(12-15)25-22(28)20-13-16(10-11-23-20)21(27)24-17-6-8-19(29-2)9-7-17/h3-13H,1-2H3,(H,24,27)(H,25,28). The summed E-state index contributed by atoms with van der Waals surface area (Å²) in [7, 11) is 1.56. The minimum absolute atomic E-state index is 0.0839. The molecule has 29 heavy (non-hydrogen) atoms. The van der Waals surface area contributed by atoms with Gasteiger partial charge in [-0.05, 0) is 55.5 Å². The van der Waals surface area contributed by atoms with Gasteiger partial charge < -0.3 is 15.4 Å². The molecule has 0 aliphatic carbocycles. The van der Waals surface area contributed by atoms with Crippen LogP contribution in [0.3, 0.4) is 0 Å². The average molecular weight is 389 g/mol. The van der Waals surface area contributed by atoms with Gasteiger partial charge in [0.2, 0.25) is 0 Å². The summed E-state index contributed by atoms with van der Waals surface area (Å²) < 4.78 is 5.09. The molecular weight excluding hydrogens is 370 g/mol. The van der Waals surface area contributed by atoms with Crippen molar-refractivity contribution in [1.29, 1.82) is 0 Å². The number of ketones is 1. The van der Waals surface area contributed by atoms with E-state index < -0.39 is 5.91 Å². The number of Topliss-reactive ketones (excluding diaryl/α,β-unsaturated/α-hetero) is 1. The molecule has 7 heteroatoms. The summed E-state index contributed by atoms with van der Waals surface area (Å²) in [4.78, 5) is 40.5. The lowest BCUT2D eigenvalue weighted by molar-refractivity contribution is 0.100. The van der Waals surface area contributed by atoms with Gasteiger partial charge in [-0.3, -0.25) is 19.4 Å². The number of hydrogen-bond acceptors (Lipinski definition) is 5. The maximum absolute atomic E-state index is 12.5. The molecule has 0 radical (unpaired) electrons. The molecule has 0 spiro atoms. The smallest absolute Gasteiger partial charge is 0.274 e. The fourth-order valence-electron chi connectivity index (χ4n) is 2.58. The maximum atomic E-state index is 12.5. The Bertz CT molecular complexity index is 1060. The Hall–Kier alpha value is -4.00. The zero-order valence-electron chi connectivity index (χ0n) is 15.9. The molecule has 2 N–H and O–H groups in total. The fraction of sp³-hybridized carbons (Fsp3) is 0.0909. The van der Waals surface area contributed by atoms with Crippen molar-refractivity contribution >= 4 is 29.0 Å². The third kappa shape index (κ3) is 5.04. The van der Waals surface area contributed by atoms with E-state index >= 15 is 0 Å². The number of aromatic nitrogens is 1. The Kier molecular flexibility index (Phi) is 5.99. The van der Waals surface area contributed by atoms with Crippen LogP contribution in [-0.4, -0.2) is 29.7 Å². The van der Waals surface area contributed by atoms with Crippen LogP contribution in [-0.2, 0) is 0 Å². The zero-order chi connectivity index (χ0) is 20.8. The number of rotatable bonds is 6. The topological polar surface area (TPSA) is 97.4 Å². The van der Waals surface area contributed by atoms with E-state index in [1.807, 2.05) is 0 Å². The summed E-state index contributed by atoms with van der Waals surface area (Å²) in [6.07, 6.45) is 1.39. The first kappa shape index (κ1) is 19.8. The van der Waals surface area contributed by atoms with E-state index in [4.69, 9.17) is 4.74 Å². The van der Waals surface area contributed by atoms with Gasteiger partial charge in [-0.15, -0.1) is 0 Å². The monoisotopic (exact) mass is 389 g/mol. The van der Waals surface area contributed by atoms with Crippen LogP contribution >= 0.6 is 0 Å². The quantitative estimate of drug-likeness (QED) is 0.625. The minimum Gasteiger partial charge on any atom is -0.497 e. The first-order chi connectivity index (χ1) is 14.0. The fourth-order valence-corrected chi connectivity index (χ4v) is 2.58. The van der Waals surface area contributed by atoms with Crippen molar-refractivity contribution in [2.24, 2.45) is 0 Å². The number of pyridine rings is 1.